The summed E-state index contributed by atoms with van der Waals surface area (Å²) in [6.07, 6.45) is 4.16. The van der Waals surface area contributed by atoms with Crippen LogP contribution in [0.1, 0.15) is 12.6 Å². The first kappa shape index (κ1) is 11.6. The lowest BCUT2D eigenvalue weighted by molar-refractivity contribution is 0.322. The zero-order chi connectivity index (χ0) is 11.4. The number of hydrogen-bond acceptors (Lipinski definition) is 4. The summed E-state index contributed by atoms with van der Waals surface area (Å²) in [5.41, 5.74) is 1.14. The molecule has 2 rings (SSSR count). The van der Waals surface area contributed by atoms with Gasteiger partial charge in [-0.3, -0.25) is 9.30 Å². The molecule has 4 nitrogen and oxygen atoms in total. The maximum Gasteiger partial charge on any atom is 0.193 e. The molecule has 0 spiro atoms. The van der Waals surface area contributed by atoms with Gasteiger partial charge in [0.15, 0.2) is 4.96 Å². The second-order valence-electron chi connectivity index (χ2n) is 3.92. The quantitative estimate of drug-likeness (QED) is 0.773. The molecule has 1 N–H and O–H groups in total. The zero-order valence-corrected chi connectivity index (χ0v) is 10.6. The molecule has 2 aromatic rings. The van der Waals surface area contributed by atoms with Crippen LogP contribution in [0, 0.1) is 0 Å². The Morgan fingerprint density at radius 3 is 3.19 bits per heavy atom. The Morgan fingerprint density at radius 2 is 2.44 bits per heavy atom. The van der Waals surface area contributed by atoms with Crippen molar-refractivity contribution in [2.24, 2.45) is 0 Å². The lowest BCUT2D eigenvalue weighted by atomic mass is 10.4. The third-order valence-corrected chi connectivity index (χ3v) is 3.27. The minimum Gasteiger partial charge on any atom is -0.316 e. The number of hydrogen-bond donors (Lipinski definition) is 1. The van der Waals surface area contributed by atoms with Gasteiger partial charge < -0.3 is 5.32 Å². The first-order valence-corrected chi connectivity index (χ1v) is 6.48. The summed E-state index contributed by atoms with van der Waals surface area (Å²) in [5, 5.41) is 5.38. The van der Waals surface area contributed by atoms with Gasteiger partial charge in [-0.2, -0.15) is 0 Å². The molecule has 0 aliphatic rings. The predicted molar refractivity (Wildman–Crippen MR) is 67.9 cm³/mol. The molecule has 0 bridgehead atoms. The van der Waals surface area contributed by atoms with Crippen LogP contribution < -0.4 is 5.32 Å². The number of fused-ring (bicyclic) bond motifs is 1. The lowest BCUT2D eigenvalue weighted by Gasteiger charge is -2.14. The normalized spacial score (nSPS) is 11.7. The van der Waals surface area contributed by atoms with E-state index < -0.39 is 0 Å². The summed E-state index contributed by atoms with van der Waals surface area (Å²) in [4.78, 5) is 7.93. The molecule has 5 heteroatoms. The molecular weight excluding hydrogens is 220 g/mol. The van der Waals surface area contributed by atoms with Gasteiger partial charge in [0.25, 0.3) is 0 Å². The molecule has 0 amide bonds. The van der Waals surface area contributed by atoms with Gasteiger partial charge in [0.2, 0.25) is 0 Å². The Labute approximate surface area is 99.9 Å². The maximum atomic E-state index is 4.56. The van der Waals surface area contributed by atoms with Crippen LogP contribution in [-0.2, 0) is 6.54 Å². The molecule has 16 heavy (non-hydrogen) atoms. The highest BCUT2D eigenvalue weighted by molar-refractivity contribution is 7.15. The highest BCUT2D eigenvalue weighted by Gasteiger charge is 2.05. The molecule has 2 aromatic heterocycles. The highest BCUT2D eigenvalue weighted by Crippen LogP contribution is 2.12. The second-order valence-corrected chi connectivity index (χ2v) is 4.79. The van der Waals surface area contributed by atoms with Crippen molar-refractivity contribution >= 4 is 16.3 Å². The Balaban J connectivity index is 1.86. The summed E-state index contributed by atoms with van der Waals surface area (Å²) in [7, 11) is 2.13. The standard InChI is InChI=1S/C11H18N4S/c1-3-12-4-5-14(2)8-10-9-15-6-7-16-11(15)13-10/h6-7,9,12H,3-5,8H2,1-2H3. The number of aromatic nitrogens is 2. The minimum atomic E-state index is 0.916. The van der Waals surface area contributed by atoms with Crippen molar-refractivity contribution in [1.29, 1.82) is 0 Å². The molecule has 88 valence electrons. The SMILES string of the molecule is CCNCCN(C)Cc1cn2ccsc2n1. The van der Waals surface area contributed by atoms with E-state index in [0.29, 0.717) is 0 Å². The van der Waals surface area contributed by atoms with Gasteiger partial charge in [0.05, 0.1) is 5.69 Å². The van der Waals surface area contributed by atoms with E-state index in [2.05, 4.69) is 51.3 Å². The van der Waals surface area contributed by atoms with E-state index in [-0.39, 0.29) is 0 Å². The summed E-state index contributed by atoms with van der Waals surface area (Å²) in [6.45, 7) is 6.17. The largest absolute Gasteiger partial charge is 0.316 e. The van der Waals surface area contributed by atoms with Crippen molar-refractivity contribution < 1.29 is 0 Å². The van der Waals surface area contributed by atoms with E-state index >= 15 is 0 Å². The molecule has 0 aliphatic carbocycles. The molecule has 0 saturated heterocycles. The third-order valence-electron chi connectivity index (χ3n) is 2.50. The number of imidazole rings is 1. The average Bonchev–Trinajstić information content (AvgIpc) is 2.78. The fraction of sp³-hybridized carbons (Fsp3) is 0.545. The van der Waals surface area contributed by atoms with Gasteiger partial charge in [-0.15, -0.1) is 11.3 Å². The van der Waals surface area contributed by atoms with Crippen molar-refractivity contribution in [3.05, 3.63) is 23.5 Å². The molecule has 2 heterocycles. The van der Waals surface area contributed by atoms with E-state index in [9.17, 15) is 0 Å². The van der Waals surface area contributed by atoms with Gasteiger partial charge in [-0.1, -0.05) is 6.92 Å². The molecule has 0 radical (unpaired) electrons. The summed E-state index contributed by atoms with van der Waals surface area (Å²) < 4.78 is 2.08. The Bertz CT molecular complexity index is 405. The van der Waals surface area contributed by atoms with Crippen molar-refractivity contribution in [2.45, 2.75) is 13.5 Å². The Hall–Kier alpha value is -0.910. The first-order valence-electron chi connectivity index (χ1n) is 5.60. The Kier molecular flexibility index (Phi) is 3.93. The fourth-order valence-corrected chi connectivity index (χ4v) is 2.37. The van der Waals surface area contributed by atoms with Gasteiger partial charge in [0.1, 0.15) is 0 Å². The summed E-state index contributed by atoms with van der Waals surface area (Å²) >= 11 is 1.68. The zero-order valence-electron chi connectivity index (χ0n) is 9.81. The van der Waals surface area contributed by atoms with E-state index in [1.807, 2.05) is 0 Å². The van der Waals surface area contributed by atoms with Crippen molar-refractivity contribution in [3.63, 3.8) is 0 Å². The van der Waals surface area contributed by atoms with Crippen LogP contribution in [-0.4, -0.2) is 41.0 Å². The molecule has 0 aliphatic heterocycles. The van der Waals surface area contributed by atoms with Crippen LogP contribution >= 0.6 is 11.3 Å². The van der Waals surface area contributed by atoms with Crippen LogP contribution in [0.4, 0.5) is 0 Å². The predicted octanol–water partition coefficient (Wildman–Crippen LogP) is 1.44. The highest BCUT2D eigenvalue weighted by atomic mass is 32.1. The van der Waals surface area contributed by atoms with Crippen LogP contribution in [0.5, 0.6) is 0 Å². The van der Waals surface area contributed by atoms with Gasteiger partial charge in [-0.05, 0) is 13.6 Å². The summed E-state index contributed by atoms with van der Waals surface area (Å²) in [6, 6.07) is 0. The third kappa shape index (κ3) is 2.81. The van der Waals surface area contributed by atoms with Crippen molar-refractivity contribution in [3.8, 4) is 0 Å². The van der Waals surface area contributed by atoms with E-state index in [0.717, 1.165) is 36.8 Å². The van der Waals surface area contributed by atoms with Crippen LogP contribution in [0.3, 0.4) is 0 Å². The Morgan fingerprint density at radius 1 is 1.56 bits per heavy atom. The van der Waals surface area contributed by atoms with E-state index in [4.69, 9.17) is 0 Å². The second kappa shape index (κ2) is 5.43. The number of thiazole rings is 1. The molecule has 0 fully saturated rings. The monoisotopic (exact) mass is 238 g/mol. The first-order chi connectivity index (χ1) is 7.79. The molecule has 0 atom stereocenters. The van der Waals surface area contributed by atoms with Gasteiger partial charge >= 0.3 is 0 Å². The summed E-state index contributed by atoms with van der Waals surface area (Å²) in [5.74, 6) is 0. The van der Waals surface area contributed by atoms with Gasteiger partial charge in [0, 0.05) is 37.4 Å². The van der Waals surface area contributed by atoms with Crippen molar-refractivity contribution in [2.75, 3.05) is 26.7 Å². The van der Waals surface area contributed by atoms with E-state index in [1.165, 1.54) is 0 Å². The topological polar surface area (TPSA) is 32.6 Å². The maximum absolute atomic E-state index is 4.56. The minimum absolute atomic E-state index is 0.916. The molecule has 0 saturated carbocycles. The average molecular weight is 238 g/mol. The molecule has 0 aromatic carbocycles. The fourth-order valence-electron chi connectivity index (χ4n) is 1.65. The smallest absolute Gasteiger partial charge is 0.193 e. The van der Waals surface area contributed by atoms with E-state index in [1.54, 1.807) is 11.3 Å². The number of nitrogens with one attached hydrogen (secondary N) is 1. The van der Waals surface area contributed by atoms with Crippen LogP contribution in [0.25, 0.3) is 4.96 Å². The number of nitrogens with zero attached hydrogens (tertiary/aromatic N) is 3. The number of rotatable bonds is 6. The molecular formula is C11H18N4S. The van der Waals surface area contributed by atoms with Gasteiger partial charge in [-0.25, -0.2) is 4.98 Å². The number of likely N-dealkylation sites (N-methyl/N-ethyl adjacent to an activating group) is 2. The van der Waals surface area contributed by atoms with Crippen LogP contribution in [0.2, 0.25) is 0 Å². The lowest BCUT2D eigenvalue weighted by Crippen LogP contribution is -2.28. The van der Waals surface area contributed by atoms with Crippen LogP contribution in [0.15, 0.2) is 17.8 Å². The van der Waals surface area contributed by atoms with Crippen molar-refractivity contribution in [1.82, 2.24) is 19.6 Å². The molecule has 0 unspecified atom stereocenters.